The van der Waals surface area contributed by atoms with Crippen LogP contribution in [0.1, 0.15) is 29.0 Å². The van der Waals surface area contributed by atoms with Gasteiger partial charge in [0, 0.05) is 56.7 Å². The van der Waals surface area contributed by atoms with E-state index in [0.29, 0.717) is 0 Å². The van der Waals surface area contributed by atoms with Crippen molar-refractivity contribution < 1.29 is 4.42 Å². The van der Waals surface area contributed by atoms with Gasteiger partial charge in [-0.1, -0.05) is 115 Å². The van der Waals surface area contributed by atoms with Gasteiger partial charge in [0.1, 0.15) is 29.3 Å². The van der Waals surface area contributed by atoms with E-state index in [1.807, 2.05) is 28.7 Å². The third kappa shape index (κ3) is 4.65. The molecule has 0 bridgehead atoms. The Hall–Kier alpha value is -5.79. The van der Waals surface area contributed by atoms with Crippen molar-refractivity contribution in [3.8, 4) is 11.1 Å². The molecule has 0 fully saturated rings. The maximum atomic E-state index is 6.65. The molecule has 2 atom stereocenters. The van der Waals surface area contributed by atoms with E-state index < -0.39 is 0 Å². The fourth-order valence-electron chi connectivity index (χ4n) is 7.78. The lowest BCUT2D eigenvalue weighted by molar-refractivity contribution is 0.411. The van der Waals surface area contributed by atoms with Crippen LogP contribution in [0, 0.1) is 0 Å². The number of benzene rings is 7. The van der Waals surface area contributed by atoms with Crippen molar-refractivity contribution in [2.45, 2.75) is 12.3 Å². The fourth-order valence-corrected chi connectivity index (χ4v) is 10.2. The summed E-state index contributed by atoms with van der Waals surface area (Å²) >= 11 is 3.70. The normalized spacial score (nSPS) is 16.4. The van der Waals surface area contributed by atoms with Gasteiger partial charge < -0.3 is 9.73 Å². The smallest absolute Gasteiger partial charge is 0.136 e. The molecular weight excluding hydrogens is 663 g/mol. The van der Waals surface area contributed by atoms with Crippen LogP contribution in [-0.2, 0) is 0 Å². The molecule has 51 heavy (non-hydrogen) atoms. The highest BCUT2D eigenvalue weighted by molar-refractivity contribution is 7.26. The highest BCUT2D eigenvalue weighted by Crippen LogP contribution is 2.42. The predicted octanol–water partition coefficient (Wildman–Crippen LogP) is 12.3. The van der Waals surface area contributed by atoms with E-state index >= 15 is 0 Å². The lowest BCUT2D eigenvalue weighted by Gasteiger charge is -2.32. The number of aliphatic imine (C=N–C) groups is 1. The average Bonchev–Trinajstić information content (AvgIpc) is 3.88. The highest BCUT2D eigenvalue weighted by Gasteiger charge is 2.28. The molecule has 242 valence electrons. The SMILES string of the molecule is c1ccc(C2=NC(c3ccc4c(c3)oc3cc(-c5cccc6c5sc5ccccc56)ccc34)NC(c3cccc4sc5ccccc5c34)N2)cc1. The molecule has 0 aliphatic carbocycles. The Bertz CT molecular complexity index is 3010. The highest BCUT2D eigenvalue weighted by atomic mass is 32.1. The predicted molar refractivity (Wildman–Crippen MR) is 216 cm³/mol. The molecule has 4 nitrogen and oxygen atoms in total. The summed E-state index contributed by atoms with van der Waals surface area (Å²) in [6.07, 6.45) is -0.444. The molecule has 11 rings (SSSR count). The zero-order valence-electron chi connectivity index (χ0n) is 27.3. The number of nitrogens with one attached hydrogen (secondary N) is 2. The van der Waals surface area contributed by atoms with Gasteiger partial charge in [-0.25, -0.2) is 4.99 Å². The van der Waals surface area contributed by atoms with E-state index in [0.717, 1.165) is 44.5 Å². The summed E-state index contributed by atoms with van der Waals surface area (Å²) in [5, 5.41) is 15.0. The lowest BCUT2D eigenvalue weighted by atomic mass is 10.0. The summed E-state index contributed by atoms with van der Waals surface area (Å²) in [6.45, 7) is 0. The maximum Gasteiger partial charge on any atom is 0.136 e. The molecule has 2 unspecified atom stereocenters. The zero-order chi connectivity index (χ0) is 33.5. The third-order valence-electron chi connectivity index (χ3n) is 10.2. The molecular formula is C45H29N3OS2. The summed E-state index contributed by atoms with van der Waals surface area (Å²) in [7, 11) is 0. The van der Waals surface area contributed by atoms with Crippen LogP contribution >= 0.6 is 22.7 Å². The number of amidine groups is 1. The molecule has 0 saturated carbocycles. The molecule has 4 heterocycles. The summed E-state index contributed by atoms with van der Waals surface area (Å²) < 4.78 is 11.8. The Morgan fingerprint density at radius 3 is 2.12 bits per heavy atom. The second-order valence-corrected chi connectivity index (χ2v) is 15.3. The first-order valence-corrected chi connectivity index (χ1v) is 18.8. The number of nitrogens with zero attached hydrogens (tertiary/aromatic N) is 1. The summed E-state index contributed by atoms with van der Waals surface area (Å²) in [4.78, 5) is 5.25. The van der Waals surface area contributed by atoms with E-state index in [4.69, 9.17) is 9.41 Å². The number of hydrogen-bond donors (Lipinski definition) is 2. The zero-order valence-corrected chi connectivity index (χ0v) is 28.9. The van der Waals surface area contributed by atoms with Crippen LogP contribution in [0.4, 0.5) is 0 Å². The standard InChI is InChI=1S/C45H29N3OS2/c1-2-10-26(11-3-1)43-46-44(48-45(47-43)35-16-9-19-40-41(35)34-13-5-7-18-39(34)50-40)28-21-23-31-30-22-20-27(24-36(30)49-37(31)25-28)29-14-8-15-33-32-12-4-6-17-38(32)51-42(29)33/h1-25,44-45,48H,(H,46,47). The number of rotatable bonds is 4. The van der Waals surface area contributed by atoms with Gasteiger partial charge in [0.25, 0.3) is 0 Å². The van der Waals surface area contributed by atoms with Crippen LogP contribution in [0.2, 0.25) is 0 Å². The lowest BCUT2D eigenvalue weighted by Crippen LogP contribution is -2.45. The van der Waals surface area contributed by atoms with Crippen LogP contribution in [0.5, 0.6) is 0 Å². The van der Waals surface area contributed by atoms with Crippen molar-refractivity contribution in [2.75, 3.05) is 0 Å². The monoisotopic (exact) mass is 691 g/mol. The first kappa shape index (κ1) is 29.0. The minimum atomic E-state index is -0.287. The van der Waals surface area contributed by atoms with Gasteiger partial charge in [-0.05, 0) is 58.7 Å². The van der Waals surface area contributed by atoms with E-state index in [1.165, 1.54) is 51.5 Å². The molecule has 1 aliphatic heterocycles. The first-order valence-electron chi connectivity index (χ1n) is 17.2. The van der Waals surface area contributed by atoms with Gasteiger partial charge in [0.2, 0.25) is 0 Å². The second kappa shape index (κ2) is 11.4. The quantitative estimate of drug-likeness (QED) is 0.193. The van der Waals surface area contributed by atoms with Crippen LogP contribution in [0.3, 0.4) is 0 Å². The van der Waals surface area contributed by atoms with Gasteiger partial charge in [0.05, 0.1) is 0 Å². The molecule has 0 radical (unpaired) electrons. The van der Waals surface area contributed by atoms with Crippen molar-refractivity contribution in [2.24, 2.45) is 4.99 Å². The van der Waals surface area contributed by atoms with Gasteiger partial charge in [-0.15, -0.1) is 22.7 Å². The number of thiophene rings is 2. The van der Waals surface area contributed by atoms with Gasteiger partial charge >= 0.3 is 0 Å². The summed E-state index contributed by atoms with van der Waals surface area (Å²) in [6, 6.07) is 54.2. The minimum Gasteiger partial charge on any atom is -0.456 e. The second-order valence-electron chi connectivity index (χ2n) is 13.2. The summed E-state index contributed by atoms with van der Waals surface area (Å²) in [5.74, 6) is 0.866. The van der Waals surface area contributed by atoms with Crippen LogP contribution in [-0.4, -0.2) is 5.84 Å². The topological polar surface area (TPSA) is 49.6 Å². The Morgan fingerprint density at radius 2 is 1.24 bits per heavy atom. The van der Waals surface area contributed by atoms with Crippen molar-refractivity contribution >= 4 is 90.8 Å². The maximum absolute atomic E-state index is 6.65. The molecule has 0 amide bonds. The molecule has 10 aromatic rings. The van der Waals surface area contributed by atoms with Crippen LogP contribution < -0.4 is 10.6 Å². The van der Waals surface area contributed by atoms with E-state index in [2.05, 4.69) is 156 Å². The van der Waals surface area contributed by atoms with Gasteiger partial charge in [-0.2, -0.15) is 0 Å². The third-order valence-corrected chi connectivity index (χ3v) is 12.5. The Balaban J connectivity index is 1.01. The van der Waals surface area contributed by atoms with Gasteiger partial charge in [0.15, 0.2) is 0 Å². The molecule has 6 heteroatoms. The van der Waals surface area contributed by atoms with Crippen molar-refractivity contribution in [1.82, 2.24) is 10.6 Å². The van der Waals surface area contributed by atoms with E-state index in [-0.39, 0.29) is 12.3 Å². The number of fused-ring (bicyclic) bond motifs is 9. The Labute approximate surface area is 301 Å². The minimum absolute atomic E-state index is 0.157. The molecule has 0 saturated heterocycles. The average molecular weight is 692 g/mol. The van der Waals surface area contributed by atoms with E-state index in [9.17, 15) is 0 Å². The Kier molecular flexibility index (Phi) is 6.46. The van der Waals surface area contributed by atoms with E-state index in [1.54, 1.807) is 0 Å². The molecule has 3 aromatic heterocycles. The first-order chi connectivity index (χ1) is 25.2. The number of furan rings is 1. The summed E-state index contributed by atoms with van der Waals surface area (Å²) in [5.41, 5.74) is 7.47. The van der Waals surface area contributed by atoms with Crippen molar-refractivity contribution in [1.29, 1.82) is 0 Å². The fraction of sp³-hybridized carbons (Fsp3) is 0.0444. The largest absolute Gasteiger partial charge is 0.456 e. The molecule has 1 aliphatic rings. The molecule has 2 N–H and O–H groups in total. The molecule has 0 spiro atoms. The Morgan fingerprint density at radius 1 is 0.529 bits per heavy atom. The van der Waals surface area contributed by atoms with Crippen molar-refractivity contribution in [3.05, 3.63) is 168 Å². The van der Waals surface area contributed by atoms with Crippen molar-refractivity contribution in [3.63, 3.8) is 0 Å². The van der Waals surface area contributed by atoms with Crippen LogP contribution in [0.25, 0.3) is 73.4 Å². The molecule has 7 aromatic carbocycles. The van der Waals surface area contributed by atoms with Crippen LogP contribution in [0.15, 0.2) is 161 Å². The number of hydrogen-bond acceptors (Lipinski definition) is 6. The van der Waals surface area contributed by atoms with Gasteiger partial charge in [-0.3, -0.25) is 5.32 Å².